The maximum absolute atomic E-state index is 5.72. The number of hydrogen-bond acceptors (Lipinski definition) is 3. The van der Waals surface area contributed by atoms with Gasteiger partial charge >= 0.3 is 0 Å². The first-order valence-corrected chi connectivity index (χ1v) is 5.59. The second-order valence-electron chi connectivity index (χ2n) is 3.84. The zero-order valence-corrected chi connectivity index (χ0v) is 9.71. The van der Waals surface area contributed by atoms with E-state index < -0.39 is 0 Å². The van der Waals surface area contributed by atoms with Crippen molar-refractivity contribution in [3.05, 3.63) is 22.4 Å². The Morgan fingerprint density at radius 3 is 2.79 bits per heavy atom. The quantitative estimate of drug-likeness (QED) is 0.796. The summed E-state index contributed by atoms with van der Waals surface area (Å²) in [6.45, 7) is 2.01. The largest absolute Gasteiger partial charge is 0.381 e. The molecule has 0 atom stereocenters. The van der Waals surface area contributed by atoms with Crippen molar-refractivity contribution in [1.82, 2.24) is 4.98 Å². The van der Waals surface area contributed by atoms with Gasteiger partial charge in [-0.05, 0) is 47.8 Å². The molecule has 0 aliphatic heterocycles. The number of nitrogens with two attached hydrogens (primary N) is 1. The molecule has 0 aromatic carbocycles. The van der Waals surface area contributed by atoms with Gasteiger partial charge < -0.3 is 11.1 Å². The van der Waals surface area contributed by atoms with Gasteiger partial charge in [0.25, 0.3) is 0 Å². The van der Waals surface area contributed by atoms with Gasteiger partial charge in [-0.1, -0.05) is 0 Å². The van der Waals surface area contributed by atoms with Gasteiger partial charge in [0.05, 0.1) is 11.4 Å². The lowest BCUT2D eigenvalue weighted by molar-refractivity contribution is 0.373. The molecule has 1 heterocycles. The molecule has 1 aliphatic carbocycles. The molecule has 0 saturated heterocycles. The first kappa shape index (κ1) is 9.93. The average Bonchev–Trinajstić information content (AvgIpc) is 2.06. The van der Waals surface area contributed by atoms with Crippen LogP contribution >= 0.6 is 15.9 Å². The van der Waals surface area contributed by atoms with Crippen LogP contribution in [0, 0.1) is 6.92 Å². The fourth-order valence-corrected chi connectivity index (χ4v) is 2.08. The fraction of sp³-hybridized carbons (Fsp3) is 0.500. The standard InChI is InChI=1S/C10H14BrN3/c1-6-9(2-3-10(11)13-6)14-8-4-7(12)5-8/h2-3,7-8,14H,4-5,12H2,1H3. The van der Waals surface area contributed by atoms with Crippen LogP contribution in [0.25, 0.3) is 0 Å². The molecule has 2 rings (SSSR count). The number of hydrogen-bond donors (Lipinski definition) is 2. The van der Waals surface area contributed by atoms with E-state index in [1.165, 1.54) is 0 Å². The lowest BCUT2D eigenvalue weighted by Gasteiger charge is -2.34. The van der Waals surface area contributed by atoms with Crippen molar-refractivity contribution in [1.29, 1.82) is 0 Å². The second kappa shape index (κ2) is 3.87. The lowest BCUT2D eigenvalue weighted by atomic mass is 9.87. The number of aryl methyl sites for hydroxylation is 1. The van der Waals surface area contributed by atoms with E-state index in [1.54, 1.807) is 0 Å². The molecular weight excluding hydrogens is 242 g/mol. The van der Waals surface area contributed by atoms with Gasteiger partial charge in [-0.25, -0.2) is 4.98 Å². The summed E-state index contributed by atoms with van der Waals surface area (Å²) in [7, 11) is 0. The molecule has 3 nitrogen and oxygen atoms in total. The van der Waals surface area contributed by atoms with Crippen molar-refractivity contribution in [2.75, 3.05) is 5.32 Å². The maximum Gasteiger partial charge on any atom is 0.106 e. The van der Waals surface area contributed by atoms with Gasteiger partial charge in [0, 0.05) is 12.1 Å². The third-order valence-electron chi connectivity index (χ3n) is 2.59. The highest BCUT2D eigenvalue weighted by molar-refractivity contribution is 9.10. The summed E-state index contributed by atoms with van der Waals surface area (Å²) in [4.78, 5) is 4.33. The summed E-state index contributed by atoms with van der Waals surface area (Å²) in [6, 6.07) is 4.92. The number of nitrogens with zero attached hydrogens (tertiary/aromatic N) is 1. The number of anilines is 1. The third-order valence-corrected chi connectivity index (χ3v) is 3.03. The zero-order chi connectivity index (χ0) is 10.1. The highest BCUT2D eigenvalue weighted by Crippen LogP contribution is 2.24. The van der Waals surface area contributed by atoms with E-state index in [4.69, 9.17) is 5.73 Å². The summed E-state index contributed by atoms with van der Waals surface area (Å²) in [5.41, 5.74) is 7.87. The summed E-state index contributed by atoms with van der Waals surface area (Å²) in [5.74, 6) is 0. The van der Waals surface area contributed by atoms with Crippen LogP contribution in [-0.4, -0.2) is 17.1 Å². The first-order valence-electron chi connectivity index (χ1n) is 4.80. The number of nitrogens with one attached hydrogen (secondary N) is 1. The minimum atomic E-state index is 0.385. The van der Waals surface area contributed by atoms with E-state index >= 15 is 0 Å². The molecule has 3 N–H and O–H groups in total. The van der Waals surface area contributed by atoms with Crippen LogP contribution in [0.2, 0.25) is 0 Å². The third kappa shape index (κ3) is 2.07. The van der Waals surface area contributed by atoms with Crippen LogP contribution < -0.4 is 11.1 Å². The number of aromatic nitrogens is 1. The smallest absolute Gasteiger partial charge is 0.106 e. The number of halogens is 1. The Hall–Kier alpha value is -0.610. The fourth-order valence-electron chi connectivity index (χ4n) is 1.68. The minimum Gasteiger partial charge on any atom is -0.381 e. The van der Waals surface area contributed by atoms with Crippen molar-refractivity contribution in [2.45, 2.75) is 31.8 Å². The van der Waals surface area contributed by atoms with Gasteiger partial charge in [-0.2, -0.15) is 0 Å². The highest BCUT2D eigenvalue weighted by Gasteiger charge is 2.25. The molecule has 1 aromatic rings. The predicted molar refractivity (Wildman–Crippen MR) is 61.3 cm³/mol. The Kier molecular flexibility index (Phi) is 2.74. The molecule has 0 unspecified atom stereocenters. The van der Waals surface area contributed by atoms with Gasteiger partial charge in [0.2, 0.25) is 0 Å². The van der Waals surface area contributed by atoms with Crippen molar-refractivity contribution >= 4 is 21.6 Å². The molecule has 1 aromatic heterocycles. The molecule has 0 amide bonds. The number of pyridine rings is 1. The van der Waals surface area contributed by atoms with E-state index in [-0.39, 0.29) is 0 Å². The van der Waals surface area contributed by atoms with Gasteiger partial charge in [0.1, 0.15) is 4.60 Å². The number of rotatable bonds is 2. The van der Waals surface area contributed by atoms with Crippen molar-refractivity contribution in [2.24, 2.45) is 5.73 Å². The Morgan fingerprint density at radius 1 is 1.50 bits per heavy atom. The lowest BCUT2D eigenvalue weighted by Crippen LogP contribution is -2.44. The molecule has 0 spiro atoms. The van der Waals surface area contributed by atoms with E-state index in [2.05, 4.69) is 32.3 Å². The molecule has 76 valence electrons. The Morgan fingerprint density at radius 2 is 2.21 bits per heavy atom. The summed E-state index contributed by atoms with van der Waals surface area (Å²) < 4.78 is 0.880. The van der Waals surface area contributed by atoms with E-state index in [9.17, 15) is 0 Å². The molecule has 1 aliphatic rings. The summed E-state index contributed by atoms with van der Waals surface area (Å²) >= 11 is 3.34. The Labute approximate surface area is 92.2 Å². The minimum absolute atomic E-state index is 0.385. The molecule has 0 bridgehead atoms. The first-order chi connectivity index (χ1) is 6.65. The van der Waals surface area contributed by atoms with Gasteiger partial charge in [-0.15, -0.1) is 0 Å². The molecule has 0 radical (unpaired) electrons. The Balaban J connectivity index is 2.02. The normalized spacial score (nSPS) is 25.6. The average molecular weight is 256 g/mol. The van der Waals surface area contributed by atoms with Crippen LogP contribution in [0.15, 0.2) is 16.7 Å². The predicted octanol–water partition coefficient (Wildman–Crippen LogP) is 2.05. The van der Waals surface area contributed by atoms with Crippen LogP contribution in [0.4, 0.5) is 5.69 Å². The maximum atomic E-state index is 5.72. The van der Waals surface area contributed by atoms with E-state index in [0.29, 0.717) is 12.1 Å². The molecule has 1 fully saturated rings. The van der Waals surface area contributed by atoms with Crippen molar-refractivity contribution in [3.8, 4) is 0 Å². The molecule has 14 heavy (non-hydrogen) atoms. The van der Waals surface area contributed by atoms with Crippen LogP contribution in [0.5, 0.6) is 0 Å². The van der Waals surface area contributed by atoms with Crippen LogP contribution in [-0.2, 0) is 0 Å². The van der Waals surface area contributed by atoms with E-state index in [0.717, 1.165) is 28.8 Å². The molecule has 4 heteroatoms. The highest BCUT2D eigenvalue weighted by atomic mass is 79.9. The molecule has 1 saturated carbocycles. The zero-order valence-electron chi connectivity index (χ0n) is 8.13. The van der Waals surface area contributed by atoms with Crippen LogP contribution in [0.1, 0.15) is 18.5 Å². The van der Waals surface area contributed by atoms with Gasteiger partial charge in [0.15, 0.2) is 0 Å². The van der Waals surface area contributed by atoms with E-state index in [1.807, 2.05) is 13.0 Å². The monoisotopic (exact) mass is 255 g/mol. The summed E-state index contributed by atoms with van der Waals surface area (Å²) in [5, 5.41) is 3.44. The second-order valence-corrected chi connectivity index (χ2v) is 4.65. The van der Waals surface area contributed by atoms with Crippen LogP contribution in [0.3, 0.4) is 0 Å². The van der Waals surface area contributed by atoms with Crippen molar-refractivity contribution < 1.29 is 0 Å². The summed E-state index contributed by atoms with van der Waals surface area (Å²) in [6.07, 6.45) is 2.13. The molecular formula is C10H14BrN3. The topological polar surface area (TPSA) is 50.9 Å². The van der Waals surface area contributed by atoms with Crippen molar-refractivity contribution in [3.63, 3.8) is 0 Å². The van der Waals surface area contributed by atoms with Gasteiger partial charge in [-0.3, -0.25) is 0 Å². The SMILES string of the molecule is Cc1nc(Br)ccc1NC1CC(N)C1. The Bertz CT molecular complexity index is 334.